The quantitative estimate of drug-likeness (QED) is 0.396. The molecule has 0 atom stereocenters. The Morgan fingerprint density at radius 2 is 1.46 bits per heavy atom. The largest absolute Gasteiger partial charge is 0.193 e. The maximum Gasteiger partial charge on any atom is 0.0991 e. The number of nitrogens with zero attached hydrogens (tertiary/aromatic N) is 2. The zero-order chi connectivity index (χ0) is 19.6. The molecule has 2 saturated carbocycles. The van der Waals surface area contributed by atoms with Gasteiger partial charge in [-0.1, -0.05) is 43.2 Å². The minimum atomic E-state index is 0.696. The van der Waals surface area contributed by atoms with E-state index in [0.717, 1.165) is 29.7 Å². The number of benzene rings is 1. The second-order valence-electron chi connectivity index (χ2n) is 8.62. The first kappa shape index (κ1) is 20.4. The highest BCUT2D eigenvalue weighted by Gasteiger charge is 2.31. The molecule has 0 radical (unpaired) electrons. The van der Waals surface area contributed by atoms with Crippen LogP contribution in [0.1, 0.15) is 81.3 Å². The number of allylic oxidation sites excluding steroid dienone is 4. The van der Waals surface area contributed by atoms with Gasteiger partial charge in [0.05, 0.1) is 17.7 Å². The van der Waals surface area contributed by atoms with Crippen LogP contribution in [0.15, 0.2) is 48.6 Å². The van der Waals surface area contributed by atoms with Crippen LogP contribution in [0.5, 0.6) is 0 Å². The molecule has 0 amide bonds. The number of hydrogen-bond donors (Lipinski definition) is 0. The Morgan fingerprint density at radius 3 is 2.07 bits per heavy atom. The van der Waals surface area contributed by atoms with Crippen molar-refractivity contribution in [2.24, 2.45) is 17.8 Å². The van der Waals surface area contributed by atoms with E-state index in [1.165, 1.54) is 69.4 Å². The molecule has 1 aromatic rings. The highest BCUT2D eigenvalue weighted by Crippen LogP contribution is 2.44. The second-order valence-corrected chi connectivity index (χ2v) is 8.62. The van der Waals surface area contributed by atoms with Gasteiger partial charge in [0.1, 0.15) is 0 Å². The van der Waals surface area contributed by atoms with Gasteiger partial charge in [-0.15, -0.1) is 0 Å². The maximum absolute atomic E-state index is 8.96. The van der Waals surface area contributed by atoms with Gasteiger partial charge in [0.25, 0.3) is 0 Å². The van der Waals surface area contributed by atoms with Gasteiger partial charge in [-0.25, -0.2) is 0 Å². The van der Waals surface area contributed by atoms with E-state index in [4.69, 9.17) is 10.5 Å². The molecule has 0 unspecified atom stereocenters. The summed E-state index contributed by atoms with van der Waals surface area (Å²) in [6.45, 7) is 0. The standard InChI is InChI=1S/C26H32N2/c27-19-5-3-1-2-4-6-21-7-11-23(12-8-21)25-15-17-26(18-16-25)24-13-9-22(20-28)10-14-24/h1-3,5,9-10,13-14,21,23,25-26H,4,6-8,11-12,15-18H2. The summed E-state index contributed by atoms with van der Waals surface area (Å²) >= 11 is 0. The van der Waals surface area contributed by atoms with Crippen molar-refractivity contribution in [2.45, 2.75) is 70.1 Å². The zero-order valence-electron chi connectivity index (χ0n) is 16.9. The lowest BCUT2D eigenvalue weighted by Gasteiger charge is -2.38. The Bertz CT molecular complexity index is 728. The Balaban J connectivity index is 1.37. The van der Waals surface area contributed by atoms with E-state index < -0.39 is 0 Å². The topological polar surface area (TPSA) is 47.6 Å². The number of nitriles is 2. The minimum absolute atomic E-state index is 0.696. The van der Waals surface area contributed by atoms with Crippen molar-refractivity contribution >= 4 is 0 Å². The second kappa shape index (κ2) is 10.9. The summed E-state index contributed by atoms with van der Waals surface area (Å²) in [4.78, 5) is 0. The minimum Gasteiger partial charge on any atom is -0.193 e. The van der Waals surface area contributed by atoms with Crippen molar-refractivity contribution < 1.29 is 0 Å². The first-order valence-electron chi connectivity index (χ1n) is 11.0. The van der Waals surface area contributed by atoms with Crippen LogP contribution in [0, 0.1) is 40.4 Å². The molecule has 2 heteroatoms. The third-order valence-electron chi connectivity index (χ3n) is 7.00. The van der Waals surface area contributed by atoms with Gasteiger partial charge in [-0.05, 0) is 92.7 Å². The summed E-state index contributed by atoms with van der Waals surface area (Å²) in [7, 11) is 0. The molecule has 0 N–H and O–H groups in total. The third kappa shape index (κ3) is 5.84. The summed E-state index contributed by atoms with van der Waals surface area (Å²) in [6, 6.07) is 12.5. The number of rotatable bonds is 6. The van der Waals surface area contributed by atoms with Crippen molar-refractivity contribution in [3.63, 3.8) is 0 Å². The molecule has 28 heavy (non-hydrogen) atoms. The first-order valence-corrected chi connectivity index (χ1v) is 11.0. The Hall–Kier alpha value is -2.32. The molecule has 0 saturated heterocycles. The van der Waals surface area contributed by atoms with Crippen molar-refractivity contribution in [1.82, 2.24) is 0 Å². The monoisotopic (exact) mass is 372 g/mol. The predicted molar refractivity (Wildman–Crippen MR) is 114 cm³/mol. The van der Waals surface area contributed by atoms with Gasteiger partial charge in [-0.3, -0.25) is 0 Å². The highest BCUT2D eigenvalue weighted by molar-refractivity contribution is 5.33. The lowest BCUT2D eigenvalue weighted by atomic mass is 9.68. The van der Waals surface area contributed by atoms with Crippen LogP contribution in [0.3, 0.4) is 0 Å². The van der Waals surface area contributed by atoms with Crippen LogP contribution in [-0.4, -0.2) is 0 Å². The van der Waals surface area contributed by atoms with E-state index in [1.54, 1.807) is 0 Å². The van der Waals surface area contributed by atoms with E-state index in [0.29, 0.717) is 5.92 Å². The zero-order valence-corrected chi connectivity index (χ0v) is 16.9. The van der Waals surface area contributed by atoms with Crippen LogP contribution in [0.4, 0.5) is 0 Å². The first-order chi connectivity index (χ1) is 13.8. The Labute approximate surface area is 170 Å². The Kier molecular flexibility index (Phi) is 7.93. The van der Waals surface area contributed by atoms with Crippen LogP contribution < -0.4 is 0 Å². The van der Waals surface area contributed by atoms with Crippen LogP contribution in [0.2, 0.25) is 0 Å². The van der Waals surface area contributed by atoms with E-state index >= 15 is 0 Å². The molecule has 2 aliphatic carbocycles. The maximum atomic E-state index is 8.96. The molecule has 2 nitrogen and oxygen atoms in total. The van der Waals surface area contributed by atoms with E-state index in [1.807, 2.05) is 30.4 Å². The van der Waals surface area contributed by atoms with Gasteiger partial charge in [0.2, 0.25) is 0 Å². The van der Waals surface area contributed by atoms with Crippen molar-refractivity contribution in [1.29, 1.82) is 10.5 Å². The van der Waals surface area contributed by atoms with Crippen LogP contribution in [-0.2, 0) is 0 Å². The third-order valence-corrected chi connectivity index (χ3v) is 7.00. The van der Waals surface area contributed by atoms with Crippen molar-refractivity contribution in [3.8, 4) is 12.1 Å². The van der Waals surface area contributed by atoms with Crippen molar-refractivity contribution in [3.05, 3.63) is 59.7 Å². The predicted octanol–water partition coefficient (Wildman–Crippen LogP) is 7.05. The smallest absolute Gasteiger partial charge is 0.0991 e. The van der Waals surface area contributed by atoms with Gasteiger partial charge in [0.15, 0.2) is 0 Å². The fourth-order valence-corrected chi connectivity index (χ4v) is 5.31. The summed E-state index contributed by atoms with van der Waals surface area (Å²) in [5.41, 5.74) is 2.20. The molecule has 0 aromatic heterocycles. The molecule has 0 bridgehead atoms. The fraction of sp³-hybridized carbons (Fsp3) is 0.538. The molecule has 0 aliphatic heterocycles. The summed E-state index contributed by atoms with van der Waals surface area (Å²) in [6.07, 6.45) is 21.1. The highest BCUT2D eigenvalue weighted by atomic mass is 14.4. The van der Waals surface area contributed by atoms with Gasteiger partial charge >= 0.3 is 0 Å². The fourth-order valence-electron chi connectivity index (χ4n) is 5.31. The normalized spacial score (nSPS) is 28.2. The summed E-state index contributed by atoms with van der Waals surface area (Å²) < 4.78 is 0. The van der Waals surface area contributed by atoms with Gasteiger partial charge in [-0.2, -0.15) is 10.5 Å². The van der Waals surface area contributed by atoms with E-state index in [9.17, 15) is 0 Å². The van der Waals surface area contributed by atoms with Gasteiger partial charge < -0.3 is 0 Å². The van der Waals surface area contributed by atoms with Gasteiger partial charge in [0, 0.05) is 6.08 Å². The SMILES string of the molecule is N#CC=CC=CCCC1CCC(C2CCC(c3ccc(C#N)cc3)CC2)CC1. The van der Waals surface area contributed by atoms with E-state index in [2.05, 4.69) is 24.3 Å². The van der Waals surface area contributed by atoms with E-state index in [-0.39, 0.29) is 0 Å². The molecule has 2 aliphatic rings. The molecule has 146 valence electrons. The Morgan fingerprint density at radius 1 is 0.821 bits per heavy atom. The average Bonchev–Trinajstić information content (AvgIpc) is 2.77. The number of hydrogen-bond acceptors (Lipinski definition) is 2. The molecule has 0 heterocycles. The molecular formula is C26H32N2. The molecule has 2 fully saturated rings. The average molecular weight is 373 g/mol. The lowest BCUT2D eigenvalue weighted by Crippen LogP contribution is -2.25. The van der Waals surface area contributed by atoms with Crippen molar-refractivity contribution in [2.75, 3.05) is 0 Å². The summed E-state index contributed by atoms with van der Waals surface area (Å²) in [5.74, 6) is 3.48. The molecule has 0 spiro atoms. The molecule has 1 aromatic carbocycles. The molecule has 3 rings (SSSR count). The summed E-state index contributed by atoms with van der Waals surface area (Å²) in [5, 5.41) is 17.4. The van der Waals surface area contributed by atoms with Crippen LogP contribution >= 0.6 is 0 Å². The lowest BCUT2D eigenvalue weighted by molar-refractivity contribution is 0.157. The van der Waals surface area contributed by atoms with Crippen LogP contribution in [0.25, 0.3) is 0 Å². The molecular weight excluding hydrogens is 340 g/mol.